The first-order valence-corrected chi connectivity index (χ1v) is 8.84. The molecule has 0 bridgehead atoms. The van der Waals surface area contributed by atoms with Crippen molar-refractivity contribution < 1.29 is 14.3 Å². The lowest BCUT2D eigenvalue weighted by Crippen LogP contribution is -2.46. The van der Waals surface area contributed by atoms with E-state index >= 15 is 0 Å². The predicted molar refractivity (Wildman–Crippen MR) is 101 cm³/mol. The van der Waals surface area contributed by atoms with Gasteiger partial charge in [-0.25, -0.2) is 4.79 Å². The van der Waals surface area contributed by atoms with Crippen LogP contribution in [0.4, 0.5) is 0 Å². The van der Waals surface area contributed by atoms with Crippen LogP contribution < -0.4 is 0 Å². The van der Waals surface area contributed by atoms with E-state index in [1.807, 2.05) is 57.2 Å². The Bertz CT molecular complexity index is 738. The topological polar surface area (TPSA) is 46.6 Å². The molecule has 1 amide bonds. The van der Waals surface area contributed by atoms with Crippen LogP contribution in [0.25, 0.3) is 0 Å². The van der Waals surface area contributed by atoms with Gasteiger partial charge in [0.05, 0.1) is 5.56 Å². The summed E-state index contributed by atoms with van der Waals surface area (Å²) >= 11 is 3.31. The van der Waals surface area contributed by atoms with E-state index in [0.717, 1.165) is 5.56 Å². The van der Waals surface area contributed by atoms with Crippen LogP contribution in [0.5, 0.6) is 0 Å². The predicted octanol–water partition coefficient (Wildman–Crippen LogP) is 4.43. The van der Waals surface area contributed by atoms with Gasteiger partial charge in [0.25, 0.3) is 5.91 Å². The number of rotatable bonds is 5. The lowest BCUT2D eigenvalue weighted by molar-refractivity contribution is -0.140. The average Bonchev–Trinajstić information content (AvgIpc) is 2.57. The molecule has 0 saturated carbocycles. The monoisotopic (exact) mass is 403 g/mol. The Kier molecular flexibility index (Phi) is 6.37. The zero-order valence-corrected chi connectivity index (χ0v) is 16.2. The maximum Gasteiger partial charge on any atom is 0.339 e. The lowest BCUT2D eigenvalue weighted by Gasteiger charge is -2.35. The van der Waals surface area contributed by atoms with Gasteiger partial charge in [-0.1, -0.05) is 42.5 Å². The van der Waals surface area contributed by atoms with E-state index in [1.54, 1.807) is 23.1 Å². The minimum absolute atomic E-state index is 0.225. The molecule has 0 radical (unpaired) electrons. The molecule has 132 valence electrons. The van der Waals surface area contributed by atoms with Gasteiger partial charge in [0.2, 0.25) is 0 Å². The highest BCUT2D eigenvalue weighted by Crippen LogP contribution is 2.19. The number of halogens is 1. The van der Waals surface area contributed by atoms with Crippen molar-refractivity contribution >= 4 is 27.8 Å². The number of amides is 1. The molecule has 0 atom stereocenters. The van der Waals surface area contributed by atoms with Gasteiger partial charge in [-0.2, -0.15) is 0 Å². The van der Waals surface area contributed by atoms with Gasteiger partial charge in [-0.15, -0.1) is 0 Å². The molecule has 4 nitrogen and oxygen atoms in total. The summed E-state index contributed by atoms with van der Waals surface area (Å²) in [6, 6.07) is 16.7. The molecule has 0 aliphatic carbocycles. The maximum atomic E-state index is 12.7. The third-order valence-corrected chi connectivity index (χ3v) is 4.41. The lowest BCUT2D eigenvalue weighted by atomic mass is 10.0. The normalized spacial score (nSPS) is 11.0. The zero-order chi connectivity index (χ0) is 18.4. The average molecular weight is 404 g/mol. The Morgan fingerprint density at radius 1 is 1.00 bits per heavy atom. The van der Waals surface area contributed by atoms with Crippen molar-refractivity contribution in [2.75, 3.05) is 6.61 Å². The van der Waals surface area contributed by atoms with Gasteiger partial charge in [-0.05, 0) is 54.4 Å². The summed E-state index contributed by atoms with van der Waals surface area (Å²) in [7, 11) is 0. The first kappa shape index (κ1) is 19.2. The second-order valence-corrected chi connectivity index (χ2v) is 7.55. The summed E-state index contributed by atoms with van der Waals surface area (Å²) in [5, 5.41) is 0. The van der Waals surface area contributed by atoms with Crippen molar-refractivity contribution in [1.29, 1.82) is 0 Å². The van der Waals surface area contributed by atoms with Crippen LogP contribution in [-0.4, -0.2) is 28.9 Å². The van der Waals surface area contributed by atoms with Crippen molar-refractivity contribution in [2.45, 2.75) is 32.9 Å². The zero-order valence-electron chi connectivity index (χ0n) is 14.7. The van der Waals surface area contributed by atoms with Gasteiger partial charge in [-0.3, -0.25) is 4.79 Å². The number of benzene rings is 2. The number of nitrogens with zero attached hydrogens (tertiary/aromatic N) is 1. The molecule has 0 spiro atoms. The number of ether oxygens (including phenoxy) is 1. The van der Waals surface area contributed by atoms with Gasteiger partial charge in [0.1, 0.15) is 0 Å². The van der Waals surface area contributed by atoms with Crippen LogP contribution in [0.1, 0.15) is 36.7 Å². The number of carbonyl (C=O) groups is 2. The van der Waals surface area contributed by atoms with E-state index in [2.05, 4.69) is 15.9 Å². The molecule has 2 rings (SSSR count). The fraction of sp³-hybridized carbons (Fsp3) is 0.300. The number of carbonyl (C=O) groups excluding carboxylic acids is 2. The van der Waals surface area contributed by atoms with Gasteiger partial charge in [0.15, 0.2) is 6.61 Å². The standard InChI is InChI=1S/C20H22BrNO3/c1-20(2,3)22(13-15-9-5-4-6-10-15)18(23)14-25-19(24)16-11-7-8-12-17(16)21/h4-12H,13-14H2,1-3H3. The summed E-state index contributed by atoms with van der Waals surface area (Å²) < 4.78 is 5.87. The summed E-state index contributed by atoms with van der Waals surface area (Å²) in [6.07, 6.45) is 0. The van der Waals surface area contributed by atoms with Crippen molar-refractivity contribution in [3.63, 3.8) is 0 Å². The third-order valence-electron chi connectivity index (χ3n) is 3.71. The van der Waals surface area contributed by atoms with Gasteiger partial charge in [0, 0.05) is 16.6 Å². The van der Waals surface area contributed by atoms with E-state index in [-0.39, 0.29) is 18.1 Å². The van der Waals surface area contributed by atoms with E-state index in [4.69, 9.17) is 4.74 Å². The molecule has 0 aliphatic heterocycles. The second-order valence-electron chi connectivity index (χ2n) is 6.69. The van der Waals surface area contributed by atoms with Crippen LogP contribution in [0, 0.1) is 0 Å². The molecule has 2 aromatic rings. The molecule has 0 aliphatic rings. The highest BCUT2D eigenvalue weighted by atomic mass is 79.9. The fourth-order valence-corrected chi connectivity index (χ4v) is 2.82. The number of hydrogen-bond acceptors (Lipinski definition) is 3. The number of hydrogen-bond donors (Lipinski definition) is 0. The van der Waals surface area contributed by atoms with Crippen LogP contribution in [0.15, 0.2) is 59.1 Å². The van der Waals surface area contributed by atoms with Crippen LogP contribution in [0.2, 0.25) is 0 Å². The highest BCUT2D eigenvalue weighted by molar-refractivity contribution is 9.10. The van der Waals surface area contributed by atoms with E-state index in [1.165, 1.54) is 0 Å². The van der Waals surface area contributed by atoms with E-state index in [0.29, 0.717) is 16.6 Å². The van der Waals surface area contributed by atoms with Crippen molar-refractivity contribution in [3.8, 4) is 0 Å². The maximum absolute atomic E-state index is 12.7. The second kappa shape index (κ2) is 8.30. The molecule has 25 heavy (non-hydrogen) atoms. The van der Waals surface area contributed by atoms with E-state index in [9.17, 15) is 9.59 Å². The molecule has 0 N–H and O–H groups in total. The quantitative estimate of drug-likeness (QED) is 0.693. The Morgan fingerprint density at radius 3 is 2.20 bits per heavy atom. The third kappa shape index (κ3) is 5.43. The van der Waals surface area contributed by atoms with E-state index < -0.39 is 5.97 Å². The first-order valence-electron chi connectivity index (χ1n) is 8.05. The largest absolute Gasteiger partial charge is 0.452 e. The minimum Gasteiger partial charge on any atom is -0.452 e. The molecule has 0 unspecified atom stereocenters. The van der Waals surface area contributed by atoms with Crippen LogP contribution in [0.3, 0.4) is 0 Å². The summed E-state index contributed by atoms with van der Waals surface area (Å²) in [6.45, 7) is 6.07. The summed E-state index contributed by atoms with van der Waals surface area (Å²) in [5.74, 6) is -0.744. The molecule has 5 heteroatoms. The van der Waals surface area contributed by atoms with Crippen molar-refractivity contribution in [2.24, 2.45) is 0 Å². The molecular weight excluding hydrogens is 382 g/mol. The Morgan fingerprint density at radius 2 is 1.60 bits per heavy atom. The molecule has 2 aromatic carbocycles. The van der Waals surface area contributed by atoms with Gasteiger partial charge < -0.3 is 9.64 Å². The minimum atomic E-state index is -0.519. The Balaban J connectivity index is 2.05. The summed E-state index contributed by atoms with van der Waals surface area (Å²) in [4.78, 5) is 26.5. The summed E-state index contributed by atoms with van der Waals surface area (Å²) in [5.41, 5.74) is 1.05. The fourth-order valence-electron chi connectivity index (χ4n) is 2.38. The molecule has 0 aromatic heterocycles. The number of esters is 1. The van der Waals surface area contributed by atoms with Crippen LogP contribution in [-0.2, 0) is 16.1 Å². The molecule has 0 saturated heterocycles. The Hall–Kier alpha value is -2.14. The van der Waals surface area contributed by atoms with Crippen molar-refractivity contribution in [3.05, 3.63) is 70.2 Å². The highest BCUT2D eigenvalue weighted by Gasteiger charge is 2.27. The van der Waals surface area contributed by atoms with Gasteiger partial charge >= 0.3 is 5.97 Å². The SMILES string of the molecule is CC(C)(C)N(Cc1ccccc1)C(=O)COC(=O)c1ccccc1Br. The van der Waals surface area contributed by atoms with Crippen LogP contribution >= 0.6 is 15.9 Å². The molecule has 0 fully saturated rings. The first-order chi connectivity index (χ1) is 11.8. The molecule has 0 heterocycles. The van der Waals surface area contributed by atoms with Crippen molar-refractivity contribution in [1.82, 2.24) is 4.90 Å². The molecular formula is C20H22BrNO3. The Labute approximate surface area is 156 Å². The smallest absolute Gasteiger partial charge is 0.339 e.